The van der Waals surface area contributed by atoms with Gasteiger partial charge in [-0.25, -0.2) is 0 Å². The first kappa shape index (κ1) is 13.1. The second-order valence-electron chi connectivity index (χ2n) is 4.43. The van der Waals surface area contributed by atoms with Gasteiger partial charge in [0.05, 0.1) is 5.69 Å². The topological polar surface area (TPSA) is 24.9 Å². The fraction of sp³-hybridized carbons (Fsp3) is 0.267. The Kier molecular flexibility index (Phi) is 4.34. The van der Waals surface area contributed by atoms with Crippen molar-refractivity contribution in [3.63, 3.8) is 0 Å². The van der Waals surface area contributed by atoms with Crippen LogP contribution in [0.1, 0.15) is 29.8 Å². The van der Waals surface area contributed by atoms with E-state index >= 15 is 0 Å². The third-order valence-electron chi connectivity index (χ3n) is 3.03. The summed E-state index contributed by atoms with van der Waals surface area (Å²) in [5.41, 5.74) is 3.54. The van der Waals surface area contributed by atoms with Crippen LogP contribution in [0, 0.1) is 6.92 Å². The Labute approximate surface area is 113 Å². The molecule has 0 aliphatic carbocycles. The number of aromatic nitrogens is 1. The number of nitrogens with zero attached hydrogens (tertiary/aromatic N) is 1. The van der Waals surface area contributed by atoms with Crippen molar-refractivity contribution in [2.45, 2.75) is 26.4 Å². The molecule has 94 valence electrons. The molecule has 0 saturated carbocycles. The molecule has 0 amide bonds. The summed E-state index contributed by atoms with van der Waals surface area (Å²) in [6, 6.07) is 12.2. The maximum Gasteiger partial charge on any atom is 0.0570 e. The summed E-state index contributed by atoms with van der Waals surface area (Å²) in [4.78, 5) is 4.34. The van der Waals surface area contributed by atoms with Crippen molar-refractivity contribution in [3.05, 3.63) is 64.4 Å². The molecule has 1 aromatic carbocycles. The first-order valence-corrected chi connectivity index (χ1v) is 6.44. The number of hydrogen-bond acceptors (Lipinski definition) is 2. The van der Waals surface area contributed by atoms with Crippen LogP contribution in [-0.2, 0) is 6.54 Å². The molecule has 0 aliphatic heterocycles. The van der Waals surface area contributed by atoms with Crippen LogP contribution in [0.4, 0.5) is 0 Å². The highest BCUT2D eigenvalue weighted by Crippen LogP contribution is 2.16. The monoisotopic (exact) mass is 260 g/mol. The smallest absolute Gasteiger partial charge is 0.0570 e. The first-order valence-electron chi connectivity index (χ1n) is 6.06. The standard InChI is InChI=1S/C15H17ClN2/c1-11-9-14(16)7-6-13(11)10-18-12(2)15-5-3-4-8-17-15/h3-9,12,18H,10H2,1-2H3/t12-/m1/s1. The summed E-state index contributed by atoms with van der Waals surface area (Å²) < 4.78 is 0. The summed E-state index contributed by atoms with van der Waals surface area (Å²) in [5, 5.41) is 4.26. The van der Waals surface area contributed by atoms with Crippen molar-refractivity contribution in [1.82, 2.24) is 10.3 Å². The molecule has 0 saturated heterocycles. The highest BCUT2D eigenvalue weighted by Gasteiger charge is 2.06. The second kappa shape index (κ2) is 5.98. The zero-order valence-corrected chi connectivity index (χ0v) is 11.4. The Hall–Kier alpha value is -1.38. The van der Waals surface area contributed by atoms with Gasteiger partial charge in [0.2, 0.25) is 0 Å². The lowest BCUT2D eigenvalue weighted by Crippen LogP contribution is -2.19. The average molecular weight is 261 g/mol. The zero-order valence-electron chi connectivity index (χ0n) is 10.7. The molecular formula is C15H17ClN2. The van der Waals surface area contributed by atoms with Crippen LogP contribution >= 0.6 is 11.6 Å². The van der Waals surface area contributed by atoms with Gasteiger partial charge in [-0.1, -0.05) is 23.7 Å². The third-order valence-corrected chi connectivity index (χ3v) is 3.27. The zero-order chi connectivity index (χ0) is 13.0. The summed E-state index contributed by atoms with van der Waals surface area (Å²) >= 11 is 5.95. The molecule has 1 heterocycles. The lowest BCUT2D eigenvalue weighted by Gasteiger charge is -2.14. The summed E-state index contributed by atoms with van der Waals surface area (Å²) in [7, 11) is 0. The van der Waals surface area contributed by atoms with Gasteiger partial charge in [0.25, 0.3) is 0 Å². The fourth-order valence-corrected chi connectivity index (χ4v) is 2.08. The van der Waals surface area contributed by atoms with Crippen LogP contribution in [0.2, 0.25) is 5.02 Å². The number of nitrogens with one attached hydrogen (secondary N) is 1. The molecule has 3 heteroatoms. The van der Waals surface area contributed by atoms with E-state index in [0.717, 1.165) is 17.3 Å². The lowest BCUT2D eigenvalue weighted by molar-refractivity contribution is 0.560. The summed E-state index contributed by atoms with van der Waals surface area (Å²) in [6.45, 7) is 5.02. The molecule has 2 nitrogen and oxygen atoms in total. The molecule has 1 N–H and O–H groups in total. The molecule has 0 radical (unpaired) electrons. The van der Waals surface area contributed by atoms with Crippen molar-refractivity contribution in [1.29, 1.82) is 0 Å². The molecule has 18 heavy (non-hydrogen) atoms. The number of pyridine rings is 1. The van der Waals surface area contributed by atoms with Crippen molar-refractivity contribution in [2.75, 3.05) is 0 Å². The largest absolute Gasteiger partial charge is 0.305 e. The maximum atomic E-state index is 5.95. The molecule has 0 spiro atoms. The van der Waals surface area contributed by atoms with Crippen LogP contribution in [0.5, 0.6) is 0 Å². The van der Waals surface area contributed by atoms with E-state index in [1.54, 1.807) is 0 Å². The average Bonchev–Trinajstić information content (AvgIpc) is 2.38. The van der Waals surface area contributed by atoms with E-state index in [1.165, 1.54) is 11.1 Å². The van der Waals surface area contributed by atoms with E-state index in [4.69, 9.17) is 11.6 Å². The Morgan fingerprint density at radius 2 is 2.11 bits per heavy atom. The minimum Gasteiger partial charge on any atom is -0.305 e. The van der Waals surface area contributed by atoms with Crippen molar-refractivity contribution >= 4 is 11.6 Å². The van der Waals surface area contributed by atoms with Gasteiger partial charge in [-0.15, -0.1) is 0 Å². The Bertz CT molecular complexity index is 511. The number of rotatable bonds is 4. The highest BCUT2D eigenvalue weighted by atomic mass is 35.5. The molecule has 0 bridgehead atoms. The Morgan fingerprint density at radius 1 is 1.28 bits per heavy atom. The predicted octanol–water partition coefficient (Wildman–Crippen LogP) is 3.89. The van der Waals surface area contributed by atoms with Gasteiger partial charge < -0.3 is 5.32 Å². The second-order valence-corrected chi connectivity index (χ2v) is 4.86. The molecule has 0 fully saturated rings. The Balaban J connectivity index is 1.99. The number of benzene rings is 1. The molecule has 0 unspecified atom stereocenters. The molecule has 0 aliphatic rings. The van der Waals surface area contributed by atoms with Crippen LogP contribution in [0.3, 0.4) is 0 Å². The van der Waals surface area contributed by atoms with Crippen LogP contribution < -0.4 is 5.32 Å². The number of halogens is 1. The minimum atomic E-state index is 0.237. The minimum absolute atomic E-state index is 0.237. The third kappa shape index (κ3) is 3.31. The van der Waals surface area contributed by atoms with Gasteiger partial charge in [0.1, 0.15) is 0 Å². The highest BCUT2D eigenvalue weighted by molar-refractivity contribution is 6.30. The normalized spacial score (nSPS) is 12.4. The van der Waals surface area contributed by atoms with Crippen molar-refractivity contribution < 1.29 is 0 Å². The van der Waals surface area contributed by atoms with Gasteiger partial charge in [0, 0.05) is 23.8 Å². The first-order chi connectivity index (χ1) is 8.66. The molecule has 2 aromatic rings. The molecule has 2 rings (SSSR count). The van der Waals surface area contributed by atoms with E-state index in [-0.39, 0.29) is 6.04 Å². The van der Waals surface area contributed by atoms with Crippen LogP contribution in [0.15, 0.2) is 42.6 Å². The quantitative estimate of drug-likeness (QED) is 0.902. The van der Waals surface area contributed by atoms with Crippen LogP contribution in [-0.4, -0.2) is 4.98 Å². The number of aryl methyl sites for hydroxylation is 1. The molecule has 1 atom stereocenters. The van der Waals surface area contributed by atoms with E-state index in [2.05, 4.69) is 30.2 Å². The van der Waals surface area contributed by atoms with Gasteiger partial charge in [0.15, 0.2) is 0 Å². The van der Waals surface area contributed by atoms with Crippen LogP contribution in [0.25, 0.3) is 0 Å². The van der Waals surface area contributed by atoms with E-state index < -0.39 is 0 Å². The number of hydrogen-bond donors (Lipinski definition) is 1. The maximum absolute atomic E-state index is 5.95. The van der Waals surface area contributed by atoms with E-state index in [9.17, 15) is 0 Å². The van der Waals surface area contributed by atoms with Crippen molar-refractivity contribution in [3.8, 4) is 0 Å². The SMILES string of the molecule is Cc1cc(Cl)ccc1CN[C@H](C)c1ccccn1. The molecule has 1 aromatic heterocycles. The van der Waals surface area contributed by atoms with Gasteiger partial charge in [-0.2, -0.15) is 0 Å². The van der Waals surface area contributed by atoms with Gasteiger partial charge >= 0.3 is 0 Å². The van der Waals surface area contributed by atoms with Gasteiger partial charge in [-0.05, 0) is 49.2 Å². The Morgan fingerprint density at radius 3 is 2.78 bits per heavy atom. The van der Waals surface area contributed by atoms with Gasteiger partial charge in [-0.3, -0.25) is 4.98 Å². The predicted molar refractivity (Wildman–Crippen MR) is 75.7 cm³/mol. The summed E-state index contributed by atoms with van der Waals surface area (Å²) in [6.07, 6.45) is 1.82. The summed E-state index contributed by atoms with van der Waals surface area (Å²) in [5.74, 6) is 0. The van der Waals surface area contributed by atoms with Crippen molar-refractivity contribution in [2.24, 2.45) is 0 Å². The van der Waals surface area contributed by atoms with E-state index in [1.807, 2.05) is 36.5 Å². The lowest BCUT2D eigenvalue weighted by atomic mass is 10.1. The fourth-order valence-electron chi connectivity index (χ4n) is 1.86. The van der Waals surface area contributed by atoms with E-state index in [0.29, 0.717) is 0 Å². The molecular weight excluding hydrogens is 244 g/mol.